The molecule has 84 valence electrons. The van der Waals surface area contributed by atoms with Crippen molar-refractivity contribution in [3.8, 4) is 0 Å². The molecule has 1 saturated carbocycles. The summed E-state index contributed by atoms with van der Waals surface area (Å²) in [4.78, 5) is 3.87. The quantitative estimate of drug-likeness (QED) is 0.840. The summed E-state index contributed by atoms with van der Waals surface area (Å²) < 4.78 is 15.5. The molecule has 2 aromatic heterocycles. The van der Waals surface area contributed by atoms with E-state index in [4.69, 9.17) is 5.73 Å². The van der Waals surface area contributed by atoms with Gasteiger partial charge in [-0.15, -0.1) is 5.10 Å². The average molecular weight is 220 g/mol. The first-order valence-electron chi connectivity index (χ1n) is 5.46. The Morgan fingerprint density at radius 2 is 2.31 bits per heavy atom. The molecule has 1 aliphatic rings. The van der Waals surface area contributed by atoms with Crippen LogP contribution in [0.15, 0.2) is 12.3 Å². The zero-order chi connectivity index (χ0) is 11.3. The van der Waals surface area contributed by atoms with Crippen molar-refractivity contribution in [2.45, 2.75) is 31.6 Å². The Kier molecular flexibility index (Phi) is 1.75. The van der Waals surface area contributed by atoms with Crippen molar-refractivity contribution < 1.29 is 4.39 Å². The smallest absolute Gasteiger partial charge is 0.238 e. The molecule has 2 heterocycles. The van der Waals surface area contributed by atoms with Crippen molar-refractivity contribution in [1.29, 1.82) is 0 Å². The largest absolute Gasteiger partial charge is 0.367 e. The lowest BCUT2D eigenvalue weighted by Crippen LogP contribution is -2.13. The van der Waals surface area contributed by atoms with Crippen LogP contribution in [0.3, 0.4) is 0 Å². The molecule has 2 aromatic rings. The monoisotopic (exact) mass is 220 g/mol. The number of hydrogen-bond donors (Lipinski definition) is 1. The summed E-state index contributed by atoms with van der Waals surface area (Å²) in [6, 6.07) is 1.48. The second-order valence-corrected chi connectivity index (χ2v) is 4.43. The number of nitrogens with two attached hydrogens (primary N) is 1. The third-order valence-electron chi connectivity index (χ3n) is 3.52. The van der Waals surface area contributed by atoms with Crippen molar-refractivity contribution in [1.82, 2.24) is 14.6 Å². The van der Waals surface area contributed by atoms with Crippen molar-refractivity contribution >= 4 is 11.5 Å². The minimum absolute atomic E-state index is 0.0305. The molecule has 1 fully saturated rings. The van der Waals surface area contributed by atoms with E-state index in [1.807, 2.05) is 0 Å². The van der Waals surface area contributed by atoms with Gasteiger partial charge in [0, 0.05) is 11.5 Å². The highest BCUT2D eigenvalue weighted by Gasteiger charge is 2.46. The van der Waals surface area contributed by atoms with Crippen LogP contribution in [0.4, 0.5) is 10.3 Å². The van der Waals surface area contributed by atoms with Crippen molar-refractivity contribution in [3.63, 3.8) is 0 Å². The topological polar surface area (TPSA) is 56.2 Å². The van der Waals surface area contributed by atoms with Gasteiger partial charge in [-0.2, -0.15) is 0 Å². The van der Waals surface area contributed by atoms with Crippen LogP contribution in [-0.4, -0.2) is 14.6 Å². The summed E-state index contributed by atoms with van der Waals surface area (Å²) in [5.74, 6) is -0.0181. The molecule has 0 amide bonds. The molecule has 5 heteroatoms. The molecule has 0 aromatic carbocycles. The number of anilines is 1. The predicted octanol–water partition coefficient (Wildman–Crippen LogP) is 1.89. The fourth-order valence-corrected chi connectivity index (χ4v) is 2.34. The molecule has 2 N–H and O–H groups in total. The Bertz CT molecular complexity index is 556. The van der Waals surface area contributed by atoms with E-state index in [1.54, 1.807) is 10.7 Å². The minimum atomic E-state index is -0.195. The molecule has 0 bridgehead atoms. The molecule has 0 radical (unpaired) electrons. The van der Waals surface area contributed by atoms with E-state index in [9.17, 15) is 4.39 Å². The van der Waals surface area contributed by atoms with Crippen LogP contribution in [0, 0.1) is 5.82 Å². The van der Waals surface area contributed by atoms with Gasteiger partial charge in [0.15, 0.2) is 0 Å². The van der Waals surface area contributed by atoms with Gasteiger partial charge in [0.2, 0.25) is 5.95 Å². The van der Waals surface area contributed by atoms with Gasteiger partial charge in [0.05, 0.1) is 17.4 Å². The summed E-state index contributed by atoms with van der Waals surface area (Å²) in [6.07, 6.45) is 4.54. The highest BCUT2D eigenvalue weighted by Crippen LogP contribution is 2.51. The molecule has 16 heavy (non-hydrogen) atoms. The molecule has 0 unspecified atom stereocenters. The normalized spacial score (nSPS) is 17.9. The number of nitrogens with zero attached hydrogens (tertiary/aromatic N) is 3. The molecule has 0 aliphatic heterocycles. The molecule has 0 saturated heterocycles. The summed E-state index contributed by atoms with van der Waals surface area (Å²) >= 11 is 0. The number of halogens is 1. The lowest BCUT2D eigenvalue weighted by molar-refractivity contribution is 0.537. The van der Waals surface area contributed by atoms with Crippen molar-refractivity contribution in [2.75, 3.05) is 5.73 Å². The Morgan fingerprint density at radius 3 is 2.94 bits per heavy atom. The van der Waals surface area contributed by atoms with Gasteiger partial charge in [-0.3, -0.25) is 0 Å². The highest BCUT2D eigenvalue weighted by atomic mass is 19.1. The minimum Gasteiger partial charge on any atom is -0.367 e. The second kappa shape index (κ2) is 2.93. The van der Waals surface area contributed by atoms with Crippen LogP contribution >= 0.6 is 0 Å². The van der Waals surface area contributed by atoms with Crippen LogP contribution in [0.1, 0.15) is 31.9 Å². The summed E-state index contributed by atoms with van der Waals surface area (Å²) in [5, 5.41) is 4.09. The van der Waals surface area contributed by atoms with Gasteiger partial charge in [-0.25, -0.2) is 13.9 Å². The first-order valence-corrected chi connectivity index (χ1v) is 5.46. The SMILES string of the molecule is CCC1(c2c(F)cc3cnc(N)nn23)CC1. The number of hydrogen-bond acceptors (Lipinski definition) is 3. The third kappa shape index (κ3) is 1.14. The number of fused-ring (bicyclic) bond motifs is 1. The first-order chi connectivity index (χ1) is 7.66. The maximum Gasteiger partial charge on any atom is 0.238 e. The fraction of sp³-hybridized carbons (Fsp3) is 0.455. The zero-order valence-corrected chi connectivity index (χ0v) is 9.07. The van der Waals surface area contributed by atoms with Crippen LogP contribution in [-0.2, 0) is 5.41 Å². The van der Waals surface area contributed by atoms with E-state index in [0.29, 0.717) is 11.2 Å². The first kappa shape index (κ1) is 9.57. The molecular weight excluding hydrogens is 207 g/mol. The Hall–Kier alpha value is -1.65. The predicted molar refractivity (Wildman–Crippen MR) is 58.6 cm³/mol. The molecule has 0 spiro atoms. The molecule has 1 aliphatic carbocycles. The molecule has 3 rings (SSSR count). The van der Waals surface area contributed by atoms with E-state index < -0.39 is 0 Å². The van der Waals surface area contributed by atoms with Gasteiger partial charge in [-0.05, 0) is 19.3 Å². The highest BCUT2D eigenvalue weighted by molar-refractivity contribution is 5.50. The van der Waals surface area contributed by atoms with Gasteiger partial charge in [0.1, 0.15) is 5.82 Å². The van der Waals surface area contributed by atoms with E-state index in [2.05, 4.69) is 17.0 Å². The summed E-state index contributed by atoms with van der Waals surface area (Å²) in [6.45, 7) is 2.08. The third-order valence-corrected chi connectivity index (χ3v) is 3.52. The van der Waals surface area contributed by atoms with Gasteiger partial charge < -0.3 is 5.73 Å². The average Bonchev–Trinajstić information content (AvgIpc) is 2.97. The van der Waals surface area contributed by atoms with E-state index in [0.717, 1.165) is 19.3 Å². The van der Waals surface area contributed by atoms with E-state index in [-0.39, 0.29) is 17.2 Å². The molecule has 4 nitrogen and oxygen atoms in total. The van der Waals surface area contributed by atoms with Gasteiger partial charge >= 0.3 is 0 Å². The van der Waals surface area contributed by atoms with Gasteiger partial charge in [0.25, 0.3) is 0 Å². The van der Waals surface area contributed by atoms with Gasteiger partial charge in [-0.1, -0.05) is 6.92 Å². The van der Waals surface area contributed by atoms with Crippen LogP contribution in [0.2, 0.25) is 0 Å². The summed E-state index contributed by atoms with van der Waals surface area (Å²) in [5.41, 5.74) is 6.85. The van der Waals surface area contributed by atoms with E-state index >= 15 is 0 Å². The number of rotatable bonds is 2. The lowest BCUT2D eigenvalue weighted by Gasteiger charge is -2.12. The Labute approximate surface area is 92.3 Å². The molecule has 0 atom stereocenters. The Morgan fingerprint density at radius 1 is 1.56 bits per heavy atom. The van der Waals surface area contributed by atoms with Crippen LogP contribution < -0.4 is 5.73 Å². The number of nitrogen functional groups attached to an aromatic ring is 1. The fourth-order valence-electron chi connectivity index (χ4n) is 2.34. The Balaban J connectivity index is 2.30. The van der Waals surface area contributed by atoms with E-state index in [1.165, 1.54) is 6.07 Å². The standard InChI is InChI=1S/C11H13FN4/c1-2-11(3-4-11)9-8(12)5-7-6-14-10(13)15-16(7)9/h5-6H,2-4H2,1H3,(H2,13,15). The maximum absolute atomic E-state index is 13.9. The number of aromatic nitrogens is 3. The second-order valence-electron chi connectivity index (χ2n) is 4.43. The molecular formula is C11H13FN4. The summed E-state index contributed by atoms with van der Waals surface area (Å²) in [7, 11) is 0. The van der Waals surface area contributed by atoms with Crippen molar-refractivity contribution in [3.05, 3.63) is 23.8 Å². The lowest BCUT2D eigenvalue weighted by atomic mass is 9.99. The van der Waals surface area contributed by atoms with Crippen LogP contribution in [0.5, 0.6) is 0 Å². The van der Waals surface area contributed by atoms with Crippen LogP contribution in [0.25, 0.3) is 5.52 Å². The maximum atomic E-state index is 13.9. The zero-order valence-electron chi connectivity index (χ0n) is 9.07. The van der Waals surface area contributed by atoms with Crippen molar-refractivity contribution in [2.24, 2.45) is 0 Å².